The third-order valence-electron chi connectivity index (χ3n) is 5.85. The second-order valence-corrected chi connectivity index (χ2v) is 9.82. The molecule has 1 aliphatic heterocycles. The maximum Gasteiger partial charge on any atom is 0.264 e. The molecule has 1 unspecified atom stereocenters. The number of nitrogens with zero attached hydrogens (tertiary/aromatic N) is 1. The molecule has 31 heavy (non-hydrogen) atoms. The molecular formula is C25H26N2O3S. The van der Waals surface area contributed by atoms with Gasteiger partial charge in [0, 0.05) is 18.7 Å². The summed E-state index contributed by atoms with van der Waals surface area (Å²) in [5.41, 5.74) is 6.70. The van der Waals surface area contributed by atoms with Gasteiger partial charge in [0.15, 0.2) is 0 Å². The van der Waals surface area contributed by atoms with E-state index >= 15 is 0 Å². The van der Waals surface area contributed by atoms with Crippen molar-refractivity contribution in [2.45, 2.75) is 44.7 Å². The quantitative estimate of drug-likeness (QED) is 0.658. The second-order valence-electron chi connectivity index (χ2n) is 8.14. The average molecular weight is 435 g/mol. The Labute approximate surface area is 183 Å². The van der Waals surface area contributed by atoms with Crippen LogP contribution in [0.25, 0.3) is 0 Å². The summed E-state index contributed by atoms with van der Waals surface area (Å²) >= 11 is 0. The molecule has 0 radical (unpaired) electrons. The van der Waals surface area contributed by atoms with Gasteiger partial charge in [-0.2, -0.15) is 0 Å². The van der Waals surface area contributed by atoms with Crippen molar-refractivity contribution < 1.29 is 13.2 Å². The molecule has 160 valence electrons. The van der Waals surface area contributed by atoms with Crippen LogP contribution in [0.3, 0.4) is 0 Å². The first-order chi connectivity index (χ1) is 14.8. The lowest BCUT2D eigenvalue weighted by molar-refractivity contribution is -0.120. The Morgan fingerprint density at radius 1 is 0.968 bits per heavy atom. The fraction of sp³-hybridized carbons (Fsp3) is 0.240. The Morgan fingerprint density at radius 2 is 1.58 bits per heavy atom. The molecule has 3 aromatic carbocycles. The number of hydrogen-bond acceptors (Lipinski definition) is 4. The molecule has 1 amide bonds. The number of benzene rings is 3. The van der Waals surface area contributed by atoms with E-state index in [1.54, 1.807) is 18.2 Å². The van der Waals surface area contributed by atoms with E-state index in [2.05, 4.69) is 37.6 Å². The number of amides is 1. The monoisotopic (exact) mass is 434 g/mol. The third-order valence-corrected chi connectivity index (χ3v) is 7.21. The molecule has 4 rings (SSSR count). The lowest BCUT2D eigenvalue weighted by Crippen LogP contribution is -2.47. The number of anilines is 1. The highest BCUT2D eigenvalue weighted by molar-refractivity contribution is 7.90. The topological polar surface area (TPSA) is 66.5 Å². The number of carbonyl (C=O) groups excluding carboxylic acids is 1. The Balaban J connectivity index is 1.66. The molecule has 3 aromatic rings. The first-order valence-corrected chi connectivity index (χ1v) is 11.8. The van der Waals surface area contributed by atoms with Gasteiger partial charge in [0.1, 0.15) is 6.04 Å². The van der Waals surface area contributed by atoms with Gasteiger partial charge in [0.2, 0.25) is 0 Å². The molecule has 0 spiro atoms. The highest BCUT2D eigenvalue weighted by atomic mass is 32.2. The van der Waals surface area contributed by atoms with Crippen LogP contribution in [0.2, 0.25) is 0 Å². The van der Waals surface area contributed by atoms with Gasteiger partial charge in [-0.25, -0.2) is 13.1 Å². The Morgan fingerprint density at radius 3 is 2.26 bits per heavy atom. The van der Waals surface area contributed by atoms with Crippen LogP contribution in [-0.2, 0) is 27.8 Å². The predicted molar refractivity (Wildman–Crippen MR) is 123 cm³/mol. The SMILES string of the molecule is Cc1cc(C)c(CN2c3ccccc3CC2C(=O)NS(=O)(=O)c2ccccc2)c(C)c1. The van der Waals surface area contributed by atoms with E-state index in [9.17, 15) is 13.2 Å². The number of nitrogens with one attached hydrogen (secondary N) is 1. The van der Waals surface area contributed by atoms with Crippen molar-refractivity contribution in [3.8, 4) is 0 Å². The van der Waals surface area contributed by atoms with E-state index in [0.29, 0.717) is 13.0 Å². The number of fused-ring (bicyclic) bond motifs is 1. The van der Waals surface area contributed by atoms with Crippen molar-refractivity contribution in [2.24, 2.45) is 0 Å². The highest BCUT2D eigenvalue weighted by Crippen LogP contribution is 2.34. The maximum absolute atomic E-state index is 13.2. The van der Waals surface area contributed by atoms with Crippen molar-refractivity contribution in [1.82, 2.24) is 4.72 Å². The molecule has 0 saturated carbocycles. The van der Waals surface area contributed by atoms with Crippen LogP contribution in [0.4, 0.5) is 5.69 Å². The maximum atomic E-state index is 13.2. The van der Waals surface area contributed by atoms with Gasteiger partial charge >= 0.3 is 0 Å². The van der Waals surface area contributed by atoms with Crippen LogP contribution in [0, 0.1) is 20.8 Å². The zero-order chi connectivity index (χ0) is 22.2. The normalized spacial score (nSPS) is 15.6. The van der Waals surface area contributed by atoms with E-state index in [0.717, 1.165) is 27.9 Å². The minimum atomic E-state index is -3.93. The largest absolute Gasteiger partial charge is 0.355 e. The molecule has 1 aliphatic rings. The molecule has 0 aromatic heterocycles. The molecule has 0 fully saturated rings. The number of para-hydroxylation sites is 1. The summed E-state index contributed by atoms with van der Waals surface area (Å²) in [5.74, 6) is -0.512. The van der Waals surface area contributed by atoms with Crippen LogP contribution in [0.1, 0.15) is 27.8 Å². The number of sulfonamides is 1. The lowest BCUT2D eigenvalue weighted by atomic mass is 9.99. The van der Waals surface area contributed by atoms with Gasteiger partial charge in [-0.1, -0.05) is 54.1 Å². The van der Waals surface area contributed by atoms with E-state index in [1.807, 2.05) is 29.2 Å². The first kappa shape index (κ1) is 21.1. The van der Waals surface area contributed by atoms with Gasteiger partial charge in [-0.15, -0.1) is 0 Å². The Hall–Kier alpha value is -3.12. The minimum absolute atomic E-state index is 0.0793. The molecule has 6 heteroatoms. The standard InChI is InChI=1S/C25H26N2O3S/c1-17-13-18(2)22(19(3)14-17)16-27-23-12-8-7-9-20(23)15-24(27)25(28)26-31(29,30)21-10-5-4-6-11-21/h4-14,24H,15-16H2,1-3H3,(H,26,28). The summed E-state index contributed by atoms with van der Waals surface area (Å²) in [7, 11) is -3.93. The minimum Gasteiger partial charge on any atom is -0.355 e. The van der Waals surface area contributed by atoms with Crippen molar-refractivity contribution in [1.29, 1.82) is 0 Å². The zero-order valence-electron chi connectivity index (χ0n) is 17.9. The van der Waals surface area contributed by atoms with Crippen LogP contribution in [-0.4, -0.2) is 20.4 Å². The van der Waals surface area contributed by atoms with Crippen molar-refractivity contribution in [2.75, 3.05) is 4.90 Å². The summed E-state index contributed by atoms with van der Waals surface area (Å²) in [6, 6.07) is 19.5. The van der Waals surface area contributed by atoms with Gasteiger partial charge in [-0.05, 0) is 61.2 Å². The van der Waals surface area contributed by atoms with Gasteiger partial charge in [0.05, 0.1) is 4.90 Å². The smallest absolute Gasteiger partial charge is 0.264 e. The summed E-state index contributed by atoms with van der Waals surface area (Å²) in [6.45, 7) is 6.76. The number of rotatable bonds is 5. The Bertz CT molecular complexity index is 1210. The van der Waals surface area contributed by atoms with Crippen LogP contribution in [0.15, 0.2) is 71.6 Å². The first-order valence-electron chi connectivity index (χ1n) is 10.3. The average Bonchev–Trinajstić information content (AvgIpc) is 3.10. The summed E-state index contributed by atoms with van der Waals surface area (Å²) in [4.78, 5) is 15.3. The van der Waals surface area contributed by atoms with Crippen molar-refractivity contribution in [3.63, 3.8) is 0 Å². The molecule has 1 atom stereocenters. The molecule has 1 heterocycles. The fourth-order valence-electron chi connectivity index (χ4n) is 4.37. The molecule has 0 aliphatic carbocycles. The number of aryl methyl sites for hydroxylation is 3. The summed E-state index contributed by atoms with van der Waals surface area (Å²) < 4.78 is 27.8. The van der Waals surface area contributed by atoms with Crippen LogP contribution in [0.5, 0.6) is 0 Å². The summed E-state index contributed by atoms with van der Waals surface area (Å²) in [6.07, 6.45) is 0.469. The number of carbonyl (C=O) groups is 1. The Kier molecular flexibility index (Phi) is 5.58. The molecule has 1 N–H and O–H groups in total. The van der Waals surface area contributed by atoms with E-state index in [4.69, 9.17) is 0 Å². The van der Waals surface area contributed by atoms with E-state index in [1.165, 1.54) is 17.7 Å². The third kappa shape index (κ3) is 4.21. The van der Waals surface area contributed by atoms with Crippen LogP contribution < -0.4 is 9.62 Å². The van der Waals surface area contributed by atoms with Crippen LogP contribution >= 0.6 is 0 Å². The van der Waals surface area contributed by atoms with Crippen molar-refractivity contribution >= 4 is 21.6 Å². The van der Waals surface area contributed by atoms with E-state index < -0.39 is 22.0 Å². The van der Waals surface area contributed by atoms with Crippen molar-refractivity contribution in [3.05, 3.63) is 94.5 Å². The fourth-order valence-corrected chi connectivity index (χ4v) is 5.40. The van der Waals surface area contributed by atoms with E-state index in [-0.39, 0.29) is 4.90 Å². The second kappa shape index (κ2) is 8.19. The zero-order valence-corrected chi connectivity index (χ0v) is 18.7. The molecule has 0 saturated heterocycles. The highest BCUT2D eigenvalue weighted by Gasteiger charge is 2.36. The van der Waals surface area contributed by atoms with Gasteiger partial charge in [0.25, 0.3) is 15.9 Å². The van der Waals surface area contributed by atoms with Gasteiger partial charge < -0.3 is 4.90 Å². The molecular weight excluding hydrogens is 408 g/mol. The number of hydrogen-bond donors (Lipinski definition) is 1. The van der Waals surface area contributed by atoms with Gasteiger partial charge in [-0.3, -0.25) is 4.79 Å². The predicted octanol–water partition coefficient (Wildman–Crippen LogP) is 4.05. The summed E-state index contributed by atoms with van der Waals surface area (Å²) in [5, 5.41) is 0. The molecule has 5 nitrogen and oxygen atoms in total. The lowest BCUT2D eigenvalue weighted by Gasteiger charge is -2.28. The molecule has 0 bridgehead atoms.